The molecule has 16 heavy (non-hydrogen) atoms. The molecular weight excluding hydrogens is 202 g/mol. The lowest BCUT2D eigenvalue weighted by molar-refractivity contribution is -0.0404. The fraction of sp³-hybridized carbons (Fsp3) is 0.750. The van der Waals surface area contributed by atoms with E-state index in [1.54, 1.807) is 13.3 Å². The summed E-state index contributed by atoms with van der Waals surface area (Å²) in [6.45, 7) is 7.12. The van der Waals surface area contributed by atoms with Gasteiger partial charge < -0.3 is 10.5 Å². The first kappa shape index (κ1) is 13.2. The number of aryl methyl sites for hydroxylation is 1. The van der Waals surface area contributed by atoms with Crippen LogP contribution in [0, 0.1) is 0 Å². The summed E-state index contributed by atoms with van der Waals surface area (Å²) in [6, 6.07) is 1.85. The van der Waals surface area contributed by atoms with Gasteiger partial charge in [-0.2, -0.15) is 5.10 Å². The van der Waals surface area contributed by atoms with Crippen molar-refractivity contribution in [3.8, 4) is 0 Å². The Morgan fingerprint density at radius 3 is 2.50 bits per heavy atom. The number of nitrogens with zero attached hydrogens (tertiary/aromatic N) is 2. The van der Waals surface area contributed by atoms with Gasteiger partial charge in [-0.3, -0.25) is 4.68 Å². The lowest BCUT2D eigenvalue weighted by Gasteiger charge is -2.36. The molecule has 0 aliphatic carbocycles. The van der Waals surface area contributed by atoms with Gasteiger partial charge in [-0.25, -0.2) is 0 Å². The summed E-state index contributed by atoms with van der Waals surface area (Å²) in [4.78, 5) is 0. The second kappa shape index (κ2) is 5.46. The third-order valence-electron chi connectivity index (χ3n) is 3.54. The second-order valence-corrected chi connectivity index (χ2v) is 4.03. The normalized spacial score (nSPS) is 14.1. The molecule has 0 radical (unpaired) electrons. The van der Waals surface area contributed by atoms with Crippen molar-refractivity contribution < 1.29 is 4.74 Å². The molecule has 0 aromatic carbocycles. The molecule has 1 aromatic rings. The minimum Gasteiger partial charge on any atom is -0.376 e. The summed E-state index contributed by atoms with van der Waals surface area (Å²) in [7, 11) is 1.74. The minimum atomic E-state index is -0.285. The van der Waals surface area contributed by atoms with Crippen molar-refractivity contribution >= 4 is 0 Å². The van der Waals surface area contributed by atoms with Crippen LogP contribution in [-0.4, -0.2) is 22.5 Å². The van der Waals surface area contributed by atoms with Gasteiger partial charge in [-0.1, -0.05) is 13.8 Å². The van der Waals surface area contributed by atoms with Crippen molar-refractivity contribution in [3.05, 3.63) is 18.0 Å². The highest BCUT2D eigenvalue weighted by Crippen LogP contribution is 2.32. The van der Waals surface area contributed by atoms with Crippen molar-refractivity contribution in [1.29, 1.82) is 0 Å². The predicted molar refractivity (Wildman–Crippen MR) is 65.2 cm³/mol. The second-order valence-electron chi connectivity index (χ2n) is 4.03. The number of hydrogen-bond donors (Lipinski definition) is 1. The number of ether oxygens (including phenoxy) is 1. The van der Waals surface area contributed by atoms with Crippen LogP contribution >= 0.6 is 0 Å². The molecule has 1 atom stereocenters. The van der Waals surface area contributed by atoms with E-state index < -0.39 is 0 Å². The van der Waals surface area contributed by atoms with Crippen LogP contribution in [0.3, 0.4) is 0 Å². The van der Waals surface area contributed by atoms with Crippen LogP contribution in [0.15, 0.2) is 12.3 Å². The van der Waals surface area contributed by atoms with E-state index in [-0.39, 0.29) is 11.6 Å². The van der Waals surface area contributed by atoms with E-state index in [1.807, 2.05) is 10.7 Å². The first-order valence-corrected chi connectivity index (χ1v) is 5.97. The summed E-state index contributed by atoms with van der Waals surface area (Å²) in [5.74, 6) is 0. The SMILES string of the molecule is CCn1nccc1C(N)C(CC)(CC)OC. The van der Waals surface area contributed by atoms with Crippen LogP contribution in [0.5, 0.6) is 0 Å². The molecule has 0 fully saturated rings. The molecule has 1 rings (SSSR count). The lowest BCUT2D eigenvalue weighted by atomic mass is 9.86. The summed E-state index contributed by atoms with van der Waals surface area (Å²) < 4.78 is 7.59. The number of rotatable bonds is 6. The highest BCUT2D eigenvalue weighted by atomic mass is 16.5. The van der Waals surface area contributed by atoms with E-state index >= 15 is 0 Å². The summed E-state index contributed by atoms with van der Waals surface area (Å²) >= 11 is 0. The Labute approximate surface area is 97.8 Å². The molecule has 0 aliphatic heterocycles. The van der Waals surface area contributed by atoms with Crippen molar-refractivity contribution in [3.63, 3.8) is 0 Å². The van der Waals surface area contributed by atoms with Crippen molar-refractivity contribution in [2.45, 2.75) is 51.8 Å². The van der Waals surface area contributed by atoms with Crippen molar-refractivity contribution in [1.82, 2.24) is 9.78 Å². The molecule has 4 heteroatoms. The zero-order valence-corrected chi connectivity index (χ0v) is 10.7. The van der Waals surface area contributed by atoms with E-state index in [2.05, 4.69) is 25.9 Å². The third-order valence-corrected chi connectivity index (χ3v) is 3.54. The van der Waals surface area contributed by atoms with Gasteiger partial charge in [0.2, 0.25) is 0 Å². The molecule has 2 N–H and O–H groups in total. The fourth-order valence-corrected chi connectivity index (χ4v) is 2.25. The molecule has 1 unspecified atom stereocenters. The van der Waals surface area contributed by atoms with Gasteiger partial charge in [0.25, 0.3) is 0 Å². The molecule has 0 spiro atoms. The Hall–Kier alpha value is -0.870. The summed E-state index contributed by atoms with van der Waals surface area (Å²) in [6.07, 6.45) is 3.59. The third kappa shape index (κ3) is 2.13. The Balaban J connectivity index is 3.03. The van der Waals surface area contributed by atoms with E-state index in [0.717, 1.165) is 25.1 Å². The highest BCUT2D eigenvalue weighted by Gasteiger charge is 2.35. The minimum absolute atomic E-state index is 0.130. The molecule has 0 amide bonds. The van der Waals surface area contributed by atoms with Crippen LogP contribution in [0.4, 0.5) is 0 Å². The zero-order chi connectivity index (χ0) is 12.2. The number of hydrogen-bond acceptors (Lipinski definition) is 3. The maximum atomic E-state index is 6.34. The van der Waals surface area contributed by atoms with Crippen molar-refractivity contribution in [2.75, 3.05) is 7.11 Å². The number of methoxy groups -OCH3 is 1. The molecular formula is C12H23N3O. The maximum absolute atomic E-state index is 6.34. The van der Waals surface area contributed by atoms with Gasteiger partial charge in [-0.15, -0.1) is 0 Å². The van der Waals surface area contributed by atoms with Crippen LogP contribution in [0.2, 0.25) is 0 Å². The Kier molecular flexibility index (Phi) is 4.50. The van der Waals surface area contributed by atoms with E-state index in [9.17, 15) is 0 Å². The molecule has 0 saturated carbocycles. The maximum Gasteiger partial charge on any atom is 0.0880 e. The molecule has 92 valence electrons. The van der Waals surface area contributed by atoms with Gasteiger partial charge >= 0.3 is 0 Å². The Bertz CT molecular complexity index is 310. The number of aromatic nitrogens is 2. The quantitative estimate of drug-likeness (QED) is 0.806. The van der Waals surface area contributed by atoms with Gasteiger partial charge in [-0.05, 0) is 25.8 Å². The summed E-state index contributed by atoms with van der Waals surface area (Å²) in [5, 5.41) is 4.25. The monoisotopic (exact) mass is 225 g/mol. The molecule has 1 heterocycles. The van der Waals surface area contributed by atoms with Crippen LogP contribution in [-0.2, 0) is 11.3 Å². The van der Waals surface area contributed by atoms with Crippen LogP contribution in [0.25, 0.3) is 0 Å². The van der Waals surface area contributed by atoms with E-state index in [4.69, 9.17) is 10.5 Å². The van der Waals surface area contributed by atoms with Gasteiger partial charge in [0, 0.05) is 19.9 Å². The Morgan fingerprint density at radius 2 is 2.06 bits per heavy atom. The van der Waals surface area contributed by atoms with Gasteiger partial charge in [0.1, 0.15) is 0 Å². The first-order chi connectivity index (χ1) is 7.65. The van der Waals surface area contributed by atoms with Gasteiger partial charge in [0.05, 0.1) is 17.3 Å². The standard InChI is InChI=1S/C12H23N3O/c1-5-12(6-2,16-4)11(13)10-8-9-14-15(10)7-3/h8-9,11H,5-7,13H2,1-4H3. The predicted octanol–water partition coefficient (Wildman–Crippen LogP) is 2.11. The van der Waals surface area contributed by atoms with Crippen LogP contribution in [0.1, 0.15) is 45.3 Å². The molecule has 0 bridgehead atoms. The smallest absolute Gasteiger partial charge is 0.0880 e. The molecule has 0 saturated heterocycles. The summed E-state index contributed by atoms with van der Waals surface area (Å²) in [5.41, 5.74) is 7.11. The largest absolute Gasteiger partial charge is 0.376 e. The highest BCUT2D eigenvalue weighted by molar-refractivity contribution is 5.12. The average Bonchev–Trinajstić information content (AvgIpc) is 2.79. The Morgan fingerprint density at radius 1 is 1.44 bits per heavy atom. The molecule has 4 nitrogen and oxygen atoms in total. The first-order valence-electron chi connectivity index (χ1n) is 5.97. The number of nitrogens with two attached hydrogens (primary N) is 1. The average molecular weight is 225 g/mol. The van der Waals surface area contributed by atoms with Gasteiger partial charge in [0.15, 0.2) is 0 Å². The van der Waals surface area contributed by atoms with E-state index in [1.165, 1.54) is 0 Å². The van der Waals surface area contributed by atoms with E-state index in [0.29, 0.717) is 0 Å². The van der Waals surface area contributed by atoms with Crippen LogP contribution < -0.4 is 5.73 Å². The van der Waals surface area contributed by atoms with Crippen molar-refractivity contribution in [2.24, 2.45) is 5.73 Å². The topological polar surface area (TPSA) is 53.1 Å². The lowest BCUT2D eigenvalue weighted by Crippen LogP contribution is -2.43. The zero-order valence-electron chi connectivity index (χ0n) is 10.7. The molecule has 1 aromatic heterocycles. The molecule has 0 aliphatic rings. The fourth-order valence-electron chi connectivity index (χ4n) is 2.25.